The van der Waals surface area contributed by atoms with Crippen molar-refractivity contribution in [2.45, 2.75) is 32.9 Å². The number of nitrogens with zero attached hydrogens (tertiary/aromatic N) is 3. The normalized spacial score (nSPS) is 20.6. The van der Waals surface area contributed by atoms with Gasteiger partial charge in [-0.15, -0.1) is 0 Å². The minimum atomic E-state index is -0.639. The van der Waals surface area contributed by atoms with Crippen LogP contribution in [-0.4, -0.2) is 78.5 Å². The molecule has 2 aromatic rings. The molecule has 2 aliphatic heterocycles. The van der Waals surface area contributed by atoms with E-state index in [1.807, 2.05) is 38.1 Å². The second-order valence-electron chi connectivity index (χ2n) is 9.44. The Morgan fingerprint density at radius 2 is 1.81 bits per heavy atom. The van der Waals surface area contributed by atoms with Crippen LogP contribution < -0.4 is 5.32 Å². The Bertz CT molecular complexity index is 1230. The Morgan fingerprint density at radius 1 is 1.11 bits per heavy atom. The van der Waals surface area contributed by atoms with Crippen LogP contribution in [0.25, 0.3) is 0 Å². The van der Waals surface area contributed by atoms with Crippen LogP contribution in [0.5, 0.6) is 0 Å². The summed E-state index contributed by atoms with van der Waals surface area (Å²) in [5, 5.41) is 2.96. The average Bonchev–Trinajstić information content (AvgIpc) is 2.87. The van der Waals surface area contributed by atoms with Gasteiger partial charge in [0.1, 0.15) is 5.82 Å². The molecule has 0 unspecified atom stereocenters. The molecule has 2 heterocycles. The predicted octanol–water partition coefficient (Wildman–Crippen LogP) is 3.49. The summed E-state index contributed by atoms with van der Waals surface area (Å²) in [5.74, 6) is -1.35. The number of rotatable bonds is 6. The third-order valence-corrected chi connectivity index (χ3v) is 7.02. The number of benzene rings is 2. The number of likely N-dealkylation sites (N-methyl/N-ethyl adjacent to an activating group) is 1. The van der Waals surface area contributed by atoms with E-state index in [9.17, 15) is 18.8 Å². The molecule has 8 nitrogen and oxygen atoms in total. The van der Waals surface area contributed by atoms with Gasteiger partial charge in [-0.1, -0.05) is 36.4 Å². The number of hydrogen-bond acceptors (Lipinski definition) is 5. The van der Waals surface area contributed by atoms with Crippen molar-refractivity contribution >= 4 is 17.9 Å². The van der Waals surface area contributed by atoms with Gasteiger partial charge in [0.05, 0.1) is 23.8 Å². The highest BCUT2D eigenvalue weighted by Gasteiger charge is 2.39. The average molecular weight is 509 g/mol. The number of halogens is 1. The molecule has 2 atom stereocenters. The van der Waals surface area contributed by atoms with Crippen molar-refractivity contribution < 1.29 is 23.5 Å². The fourth-order valence-corrected chi connectivity index (χ4v) is 5.02. The second-order valence-corrected chi connectivity index (χ2v) is 9.44. The van der Waals surface area contributed by atoms with Gasteiger partial charge in [0.2, 0.25) is 0 Å². The molecule has 3 amide bonds. The van der Waals surface area contributed by atoms with E-state index in [0.29, 0.717) is 37.4 Å². The lowest BCUT2D eigenvalue weighted by Gasteiger charge is -2.42. The molecule has 37 heavy (non-hydrogen) atoms. The number of aryl methyl sites for hydroxylation is 1. The summed E-state index contributed by atoms with van der Waals surface area (Å²) in [4.78, 5) is 44.4. The quantitative estimate of drug-likeness (QED) is 0.604. The fraction of sp³-hybridized carbons (Fsp3) is 0.393. The minimum absolute atomic E-state index is 0.0554. The summed E-state index contributed by atoms with van der Waals surface area (Å²) in [6, 6.07) is 12.5. The Labute approximate surface area is 216 Å². The maximum Gasteiger partial charge on any atom is 0.338 e. The third kappa shape index (κ3) is 5.36. The summed E-state index contributed by atoms with van der Waals surface area (Å²) in [5.41, 5.74) is 2.80. The number of carbonyl (C=O) groups excluding carboxylic acids is 3. The first-order chi connectivity index (χ1) is 17.7. The molecule has 1 saturated heterocycles. The number of urea groups is 1. The van der Waals surface area contributed by atoms with Gasteiger partial charge < -0.3 is 15.0 Å². The molecular formula is C28H33FN4O4. The van der Waals surface area contributed by atoms with E-state index in [2.05, 4.69) is 10.2 Å². The lowest BCUT2D eigenvalue weighted by Crippen LogP contribution is -2.56. The van der Waals surface area contributed by atoms with Crippen LogP contribution in [0.4, 0.5) is 9.18 Å². The first kappa shape index (κ1) is 26.3. The lowest BCUT2D eigenvalue weighted by molar-refractivity contribution is -0.139. The molecule has 1 fully saturated rings. The molecule has 1 N–H and O–H groups in total. The van der Waals surface area contributed by atoms with Crippen LogP contribution in [-0.2, 0) is 9.53 Å². The summed E-state index contributed by atoms with van der Waals surface area (Å²) in [6.45, 7) is 7.55. The predicted molar refractivity (Wildman–Crippen MR) is 137 cm³/mol. The highest BCUT2D eigenvalue weighted by atomic mass is 19.1. The fourth-order valence-electron chi connectivity index (χ4n) is 5.02. The molecule has 0 spiro atoms. The topological polar surface area (TPSA) is 82.2 Å². The largest absolute Gasteiger partial charge is 0.463 e. The number of nitrogens with one attached hydrogen (secondary N) is 1. The maximum atomic E-state index is 14.2. The zero-order valence-corrected chi connectivity index (χ0v) is 21.7. The minimum Gasteiger partial charge on any atom is -0.463 e. The molecule has 9 heteroatoms. The number of piperazine rings is 1. The van der Waals surface area contributed by atoms with E-state index in [-0.39, 0.29) is 30.2 Å². The van der Waals surface area contributed by atoms with Gasteiger partial charge >= 0.3 is 12.0 Å². The highest BCUT2D eigenvalue weighted by molar-refractivity contribution is 5.96. The Kier molecular flexibility index (Phi) is 7.92. The first-order valence-electron chi connectivity index (χ1n) is 12.5. The zero-order chi connectivity index (χ0) is 26.7. The summed E-state index contributed by atoms with van der Waals surface area (Å²) in [6.07, 6.45) is 0. The van der Waals surface area contributed by atoms with Crippen LogP contribution >= 0.6 is 0 Å². The molecule has 2 aromatic carbocycles. The van der Waals surface area contributed by atoms with Crippen molar-refractivity contribution in [3.8, 4) is 0 Å². The SMILES string of the molecule is CCOC(=O)C1=C(CN2CCN(C(=O)c3ccccc3F)[C@@H](C)C2)N(C)C(=O)N[C@H]1c1ccccc1C. The van der Waals surface area contributed by atoms with Gasteiger partial charge in [-0.3, -0.25) is 14.6 Å². The monoisotopic (exact) mass is 508 g/mol. The zero-order valence-electron chi connectivity index (χ0n) is 21.7. The van der Waals surface area contributed by atoms with Crippen molar-refractivity contribution in [2.75, 3.05) is 39.8 Å². The van der Waals surface area contributed by atoms with Gasteiger partial charge in [0.15, 0.2) is 0 Å². The molecule has 0 aromatic heterocycles. The van der Waals surface area contributed by atoms with Crippen molar-refractivity contribution in [3.63, 3.8) is 0 Å². The van der Waals surface area contributed by atoms with Crippen LogP contribution in [0.3, 0.4) is 0 Å². The number of carbonyl (C=O) groups is 3. The Morgan fingerprint density at radius 3 is 2.49 bits per heavy atom. The molecule has 0 radical (unpaired) electrons. The van der Waals surface area contributed by atoms with Gasteiger partial charge in [0.25, 0.3) is 5.91 Å². The Balaban J connectivity index is 1.62. The van der Waals surface area contributed by atoms with E-state index in [1.165, 1.54) is 17.0 Å². The molecule has 0 bridgehead atoms. The highest BCUT2D eigenvalue weighted by Crippen LogP contribution is 2.33. The third-order valence-electron chi connectivity index (χ3n) is 7.02. The Hall–Kier alpha value is -3.72. The first-order valence-corrected chi connectivity index (χ1v) is 12.5. The lowest BCUT2D eigenvalue weighted by atomic mass is 9.91. The number of amides is 3. The van der Waals surface area contributed by atoms with Crippen molar-refractivity contribution in [2.24, 2.45) is 0 Å². The standard InChI is InChI=1S/C28H33FN4O4/c1-5-37-27(35)24-23(31(4)28(36)30-25(24)20-11-7-6-10-18(20)2)17-32-14-15-33(19(3)16-32)26(34)21-12-8-9-13-22(21)29/h6-13,19,25H,5,14-17H2,1-4H3,(H,30,36)/t19-,25-/m0/s1. The molecule has 0 saturated carbocycles. The number of esters is 1. The number of hydrogen-bond donors (Lipinski definition) is 1. The summed E-state index contributed by atoms with van der Waals surface area (Å²) >= 11 is 0. The van der Waals surface area contributed by atoms with E-state index >= 15 is 0 Å². The van der Waals surface area contributed by atoms with Crippen molar-refractivity contribution in [3.05, 3.63) is 82.3 Å². The van der Waals surface area contributed by atoms with Gasteiger partial charge in [-0.25, -0.2) is 14.0 Å². The molecule has 4 rings (SSSR count). The van der Waals surface area contributed by atoms with Gasteiger partial charge in [-0.05, 0) is 44.0 Å². The van der Waals surface area contributed by atoms with Gasteiger partial charge in [0, 0.05) is 45.0 Å². The van der Waals surface area contributed by atoms with Crippen molar-refractivity contribution in [1.82, 2.24) is 20.0 Å². The van der Waals surface area contributed by atoms with E-state index < -0.39 is 17.8 Å². The second kappa shape index (κ2) is 11.1. The van der Waals surface area contributed by atoms with Crippen LogP contribution in [0.15, 0.2) is 59.8 Å². The summed E-state index contributed by atoms with van der Waals surface area (Å²) < 4.78 is 19.6. The van der Waals surface area contributed by atoms with E-state index in [4.69, 9.17) is 4.74 Å². The van der Waals surface area contributed by atoms with Crippen LogP contribution in [0.1, 0.15) is 41.4 Å². The van der Waals surface area contributed by atoms with Crippen molar-refractivity contribution in [1.29, 1.82) is 0 Å². The summed E-state index contributed by atoms with van der Waals surface area (Å²) in [7, 11) is 1.64. The van der Waals surface area contributed by atoms with E-state index in [0.717, 1.165) is 11.1 Å². The number of ether oxygens (including phenoxy) is 1. The van der Waals surface area contributed by atoms with E-state index in [1.54, 1.807) is 31.0 Å². The maximum absolute atomic E-state index is 14.2. The smallest absolute Gasteiger partial charge is 0.338 e. The molecule has 196 valence electrons. The molecule has 0 aliphatic carbocycles. The van der Waals surface area contributed by atoms with Crippen LogP contribution in [0.2, 0.25) is 0 Å². The van der Waals surface area contributed by atoms with Gasteiger partial charge in [-0.2, -0.15) is 0 Å². The van der Waals surface area contributed by atoms with Crippen LogP contribution in [0, 0.1) is 12.7 Å². The molecular weight excluding hydrogens is 475 g/mol. The molecule has 2 aliphatic rings.